The summed E-state index contributed by atoms with van der Waals surface area (Å²) in [6.45, 7) is 4.66. The molecule has 0 amide bonds. The maximum absolute atomic E-state index is 13.6. The summed E-state index contributed by atoms with van der Waals surface area (Å²) in [6, 6.07) is 8.52. The molecule has 12 nitrogen and oxygen atoms in total. The van der Waals surface area contributed by atoms with Crippen LogP contribution >= 0.6 is 19.3 Å². The van der Waals surface area contributed by atoms with E-state index in [4.69, 9.17) is 30.1 Å². The van der Waals surface area contributed by atoms with Gasteiger partial charge in [-0.3, -0.25) is 23.7 Å². The molecule has 14 heteroatoms. The number of nitrogens with one attached hydrogen (secondary N) is 2. The number of para-hydroxylation sites is 1. The Balaban J connectivity index is 1.75. The summed E-state index contributed by atoms with van der Waals surface area (Å²) in [5.41, 5.74) is -1.38. The Kier molecular flexibility index (Phi) is 9.66. The molecule has 2 heterocycles. The molecule has 6 atom stereocenters. The van der Waals surface area contributed by atoms with Gasteiger partial charge in [0.15, 0.2) is 6.23 Å². The van der Waals surface area contributed by atoms with Gasteiger partial charge in [-0.15, -0.1) is 18.2 Å². The van der Waals surface area contributed by atoms with Gasteiger partial charge in [0.2, 0.25) is 0 Å². The van der Waals surface area contributed by atoms with E-state index in [0.717, 1.165) is 10.6 Å². The molecule has 1 unspecified atom stereocenters. The van der Waals surface area contributed by atoms with Crippen LogP contribution in [0, 0.1) is 0 Å². The molecule has 1 aromatic heterocycles. The Hall–Kier alpha value is -2.73. The second-order valence-corrected chi connectivity index (χ2v) is 9.92. The topological polar surface area (TPSA) is 158 Å². The van der Waals surface area contributed by atoms with E-state index in [1.54, 1.807) is 37.3 Å². The number of aliphatic hydroxyl groups excluding tert-OH is 1. The molecule has 0 saturated carbocycles. The molecule has 0 aliphatic carbocycles. The number of nitrogens with zero attached hydrogens (tertiary/aromatic N) is 1. The van der Waals surface area contributed by atoms with Crippen LogP contribution in [0.5, 0.6) is 5.75 Å². The van der Waals surface area contributed by atoms with E-state index in [-0.39, 0.29) is 18.8 Å². The van der Waals surface area contributed by atoms with E-state index in [1.807, 2.05) is 0 Å². The first-order valence-corrected chi connectivity index (χ1v) is 13.0. The third-order valence-electron chi connectivity index (χ3n) is 5.12. The average Bonchev–Trinajstić information content (AvgIpc) is 3.14. The van der Waals surface area contributed by atoms with Gasteiger partial charge >= 0.3 is 19.4 Å². The highest BCUT2D eigenvalue weighted by molar-refractivity contribution is 7.52. The lowest BCUT2D eigenvalue weighted by Crippen LogP contribution is -2.35. The maximum atomic E-state index is 13.6. The molecule has 0 radical (unpaired) electrons. The highest BCUT2D eigenvalue weighted by Gasteiger charge is 2.45. The Morgan fingerprint density at radius 1 is 1.36 bits per heavy atom. The predicted molar refractivity (Wildman–Crippen MR) is 130 cm³/mol. The van der Waals surface area contributed by atoms with Crippen molar-refractivity contribution in [2.24, 2.45) is 0 Å². The van der Waals surface area contributed by atoms with Crippen LogP contribution in [0.1, 0.15) is 19.6 Å². The SMILES string of the molecule is C=C[C@@H](COC(=O)CC)NP(=O)(OC[C@H]1O[C@@H](n2ccc(=O)[nH]c2=O)[C@@H](Cl)[C@@H]1O)Oc1ccccc1. The van der Waals surface area contributed by atoms with Crippen LogP contribution in [0.2, 0.25) is 0 Å². The quantitative estimate of drug-likeness (QED) is 0.156. The highest BCUT2D eigenvalue weighted by Crippen LogP contribution is 2.46. The van der Waals surface area contributed by atoms with Gasteiger partial charge in [0, 0.05) is 18.7 Å². The molecule has 36 heavy (non-hydrogen) atoms. The maximum Gasteiger partial charge on any atom is 0.459 e. The lowest BCUT2D eigenvalue weighted by atomic mass is 10.2. The number of benzene rings is 1. The number of ether oxygens (including phenoxy) is 2. The Morgan fingerprint density at radius 3 is 2.72 bits per heavy atom. The average molecular weight is 544 g/mol. The number of hydrogen-bond donors (Lipinski definition) is 3. The van der Waals surface area contributed by atoms with Gasteiger partial charge in [0.05, 0.1) is 12.6 Å². The second kappa shape index (κ2) is 12.5. The minimum Gasteiger partial charge on any atom is -0.464 e. The number of hydrogen-bond acceptors (Lipinski definition) is 9. The molecule has 3 N–H and O–H groups in total. The molecule has 1 saturated heterocycles. The first-order chi connectivity index (χ1) is 17.2. The summed E-state index contributed by atoms with van der Waals surface area (Å²) in [5, 5.41) is 12.2. The normalized spacial score (nSPS) is 24.0. The Labute approximate surface area is 211 Å². The summed E-state index contributed by atoms with van der Waals surface area (Å²) < 4.78 is 36.6. The van der Waals surface area contributed by atoms with Gasteiger partial charge in [-0.1, -0.05) is 31.2 Å². The lowest BCUT2D eigenvalue weighted by molar-refractivity contribution is -0.143. The number of H-pyrrole nitrogens is 1. The molecule has 0 spiro atoms. The summed E-state index contributed by atoms with van der Waals surface area (Å²) in [6.07, 6.45) is -0.825. The van der Waals surface area contributed by atoms with Crippen LogP contribution < -0.4 is 20.9 Å². The number of aromatic nitrogens is 2. The lowest BCUT2D eigenvalue weighted by Gasteiger charge is -2.25. The van der Waals surface area contributed by atoms with Crippen molar-refractivity contribution in [1.29, 1.82) is 0 Å². The smallest absolute Gasteiger partial charge is 0.459 e. The summed E-state index contributed by atoms with van der Waals surface area (Å²) in [4.78, 5) is 37.1. The number of carbonyl (C=O) groups excluding carboxylic acids is 1. The number of alkyl halides is 1. The Bertz CT molecular complexity index is 1200. The third-order valence-corrected chi connectivity index (χ3v) is 7.18. The van der Waals surface area contributed by atoms with Gasteiger partial charge in [-0.25, -0.2) is 14.4 Å². The van der Waals surface area contributed by atoms with Crippen molar-refractivity contribution in [3.05, 3.63) is 76.1 Å². The van der Waals surface area contributed by atoms with Crippen LogP contribution in [0.4, 0.5) is 0 Å². The van der Waals surface area contributed by atoms with Crippen molar-refractivity contribution in [2.45, 2.75) is 43.2 Å². The number of carbonyl (C=O) groups is 1. The largest absolute Gasteiger partial charge is 0.464 e. The predicted octanol–water partition coefficient (Wildman–Crippen LogP) is 1.70. The summed E-state index contributed by atoms with van der Waals surface area (Å²) >= 11 is 6.28. The number of aromatic amines is 1. The minimum atomic E-state index is -4.15. The summed E-state index contributed by atoms with van der Waals surface area (Å²) in [5.74, 6) is -0.231. The minimum absolute atomic E-state index is 0.161. The van der Waals surface area contributed by atoms with E-state index in [1.165, 1.54) is 12.3 Å². The van der Waals surface area contributed by atoms with Crippen LogP contribution in [0.3, 0.4) is 0 Å². The van der Waals surface area contributed by atoms with Gasteiger partial charge in [-0.2, -0.15) is 0 Å². The molecule has 3 rings (SSSR count). The van der Waals surface area contributed by atoms with Gasteiger partial charge in [0.25, 0.3) is 5.56 Å². The number of aliphatic hydroxyl groups is 1. The fourth-order valence-electron chi connectivity index (χ4n) is 3.22. The third kappa shape index (κ3) is 7.16. The van der Waals surface area contributed by atoms with E-state index in [9.17, 15) is 24.1 Å². The van der Waals surface area contributed by atoms with Gasteiger partial charge in [0.1, 0.15) is 29.9 Å². The molecular weight excluding hydrogens is 517 g/mol. The first kappa shape index (κ1) is 27.9. The number of esters is 1. The fourth-order valence-corrected chi connectivity index (χ4v) is 5.07. The zero-order valence-electron chi connectivity index (χ0n) is 19.3. The fraction of sp³-hybridized carbons (Fsp3) is 0.409. The van der Waals surface area contributed by atoms with E-state index in [0.29, 0.717) is 0 Å². The van der Waals surface area contributed by atoms with Crippen molar-refractivity contribution in [3.8, 4) is 5.75 Å². The van der Waals surface area contributed by atoms with E-state index >= 15 is 0 Å². The molecule has 196 valence electrons. The highest BCUT2D eigenvalue weighted by atomic mass is 35.5. The van der Waals surface area contributed by atoms with Crippen LogP contribution in [0.25, 0.3) is 0 Å². The second-order valence-electron chi connectivity index (χ2n) is 7.72. The van der Waals surface area contributed by atoms with Gasteiger partial charge < -0.3 is 19.1 Å². The molecule has 1 fully saturated rings. The van der Waals surface area contributed by atoms with Crippen molar-refractivity contribution in [3.63, 3.8) is 0 Å². The molecule has 1 aromatic carbocycles. The molecular formula is C22H27ClN3O9P. The van der Waals surface area contributed by atoms with Gasteiger partial charge in [-0.05, 0) is 12.1 Å². The molecule has 0 bridgehead atoms. The molecule has 1 aliphatic rings. The standard InChI is InChI=1S/C22H27ClN3O9P/c1-3-14(12-32-18(28)4-2)25-36(31,35-15-8-6-5-7-9-15)33-13-16-20(29)19(23)21(34-16)26-11-10-17(27)24-22(26)30/h3,5-11,14,16,19-21,29H,1,4,12-13H2,2H3,(H,25,31)(H,24,27,30)/t14-,16+,19-,20+,21+,36?/m0/s1. The van der Waals surface area contributed by atoms with Crippen LogP contribution in [-0.4, -0.2) is 57.5 Å². The van der Waals surface area contributed by atoms with Crippen molar-refractivity contribution in [1.82, 2.24) is 14.6 Å². The number of halogens is 1. The zero-order valence-corrected chi connectivity index (χ0v) is 21.0. The molecule has 2 aromatic rings. The van der Waals surface area contributed by atoms with Crippen molar-refractivity contribution < 1.29 is 33.0 Å². The number of rotatable bonds is 12. The monoisotopic (exact) mass is 543 g/mol. The Morgan fingerprint density at radius 2 is 2.08 bits per heavy atom. The summed E-state index contributed by atoms with van der Waals surface area (Å²) in [7, 11) is -4.15. The van der Waals surface area contributed by atoms with Crippen molar-refractivity contribution in [2.75, 3.05) is 13.2 Å². The van der Waals surface area contributed by atoms with E-state index in [2.05, 4.69) is 16.7 Å². The van der Waals surface area contributed by atoms with Crippen LogP contribution in [0.15, 0.2) is 64.8 Å². The molecule has 1 aliphatic heterocycles. The zero-order chi connectivity index (χ0) is 26.3. The van der Waals surface area contributed by atoms with Crippen molar-refractivity contribution >= 4 is 25.3 Å². The first-order valence-electron chi connectivity index (χ1n) is 11.0. The van der Waals surface area contributed by atoms with Crippen LogP contribution in [-0.2, 0) is 23.4 Å². The van der Waals surface area contributed by atoms with E-state index < -0.39 is 61.4 Å².